The smallest absolute Gasteiger partial charge is 0.115 e. The highest BCUT2D eigenvalue weighted by Crippen LogP contribution is 2.08. The lowest BCUT2D eigenvalue weighted by molar-refractivity contribution is 0.474. The van der Waals surface area contributed by atoms with E-state index in [1.54, 1.807) is 48.5 Å². The first kappa shape index (κ1) is 18.1. The van der Waals surface area contributed by atoms with Crippen molar-refractivity contribution in [2.24, 2.45) is 0 Å². The molecule has 3 aromatic rings. The third-order valence-electron chi connectivity index (χ3n) is 2.79. The topological polar surface area (TPSA) is 60.7 Å². The van der Waals surface area contributed by atoms with Crippen LogP contribution in [0.1, 0.15) is 11.1 Å². The van der Waals surface area contributed by atoms with E-state index in [1.165, 1.54) is 5.56 Å². The molecule has 0 radical (unpaired) electrons. The van der Waals surface area contributed by atoms with E-state index in [9.17, 15) is 0 Å². The molecule has 0 aliphatic rings. The second kappa shape index (κ2) is 9.90. The van der Waals surface area contributed by atoms with Crippen molar-refractivity contribution in [3.63, 3.8) is 0 Å². The fraction of sp³-hybridized carbons (Fsp3) is 0.100. The average molecular weight is 310 g/mol. The van der Waals surface area contributed by atoms with Crippen LogP contribution in [-0.4, -0.2) is 15.3 Å². The van der Waals surface area contributed by atoms with Crippen molar-refractivity contribution in [3.05, 3.63) is 90.0 Å². The maximum Gasteiger partial charge on any atom is 0.115 e. The molecule has 0 saturated carbocycles. The molecule has 0 spiro atoms. The summed E-state index contributed by atoms with van der Waals surface area (Å²) >= 11 is 0. The van der Waals surface area contributed by atoms with Gasteiger partial charge in [-0.3, -0.25) is 0 Å². The van der Waals surface area contributed by atoms with Gasteiger partial charge in [-0.25, -0.2) is 0 Å². The van der Waals surface area contributed by atoms with Crippen molar-refractivity contribution in [1.82, 2.24) is 0 Å². The first-order valence-electron chi connectivity index (χ1n) is 7.22. The van der Waals surface area contributed by atoms with Gasteiger partial charge in [0, 0.05) is 0 Å². The van der Waals surface area contributed by atoms with Gasteiger partial charge in [0.05, 0.1) is 0 Å². The molecule has 120 valence electrons. The normalized spacial score (nSPS) is 8.96. The fourth-order valence-electron chi connectivity index (χ4n) is 1.60. The van der Waals surface area contributed by atoms with Crippen molar-refractivity contribution in [2.45, 2.75) is 13.8 Å². The van der Waals surface area contributed by atoms with E-state index < -0.39 is 0 Å². The molecule has 0 aliphatic heterocycles. The van der Waals surface area contributed by atoms with Gasteiger partial charge in [0.15, 0.2) is 0 Å². The number of aryl methyl sites for hydroxylation is 2. The highest BCUT2D eigenvalue weighted by Gasteiger charge is 1.83. The summed E-state index contributed by atoms with van der Waals surface area (Å²) in [7, 11) is 0. The second-order valence-electron chi connectivity index (χ2n) is 5.01. The van der Waals surface area contributed by atoms with E-state index in [1.807, 2.05) is 44.2 Å². The Hall–Kier alpha value is -2.94. The quantitative estimate of drug-likeness (QED) is 0.559. The second-order valence-corrected chi connectivity index (χ2v) is 5.01. The summed E-state index contributed by atoms with van der Waals surface area (Å²) < 4.78 is 0. The molecule has 0 unspecified atom stereocenters. The Balaban J connectivity index is 0.000000173. The standard InChI is InChI=1S/2C7H8O.C6H6O/c1-6-2-4-7(8)5-3-6;1-6-3-2-4-7(8)5-6;7-6-4-2-1-3-5-6/h2*2-5,8H,1H3;1-5,7H. The highest BCUT2D eigenvalue weighted by atomic mass is 16.3. The van der Waals surface area contributed by atoms with Crippen LogP contribution in [0.5, 0.6) is 17.2 Å². The number of phenolic OH excluding ortho intramolecular Hbond substituents is 3. The van der Waals surface area contributed by atoms with Crippen LogP contribution in [0.2, 0.25) is 0 Å². The van der Waals surface area contributed by atoms with Crippen LogP contribution in [0.15, 0.2) is 78.9 Å². The lowest BCUT2D eigenvalue weighted by atomic mass is 10.2. The van der Waals surface area contributed by atoms with E-state index in [0.717, 1.165) is 5.56 Å². The third-order valence-corrected chi connectivity index (χ3v) is 2.79. The van der Waals surface area contributed by atoms with Crippen LogP contribution < -0.4 is 0 Å². The lowest BCUT2D eigenvalue weighted by Gasteiger charge is -1.89. The molecule has 0 bridgehead atoms. The summed E-state index contributed by atoms with van der Waals surface area (Å²) in [6, 6.07) is 23.0. The van der Waals surface area contributed by atoms with E-state index in [2.05, 4.69) is 0 Å². The average Bonchev–Trinajstić information content (AvgIpc) is 2.52. The molecule has 0 atom stereocenters. The predicted octanol–water partition coefficient (Wildman–Crippen LogP) is 4.79. The van der Waals surface area contributed by atoms with Gasteiger partial charge in [-0.1, -0.05) is 48.0 Å². The molecule has 23 heavy (non-hydrogen) atoms. The number of hydrogen-bond acceptors (Lipinski definition) is 3. The van der Waals surface area contributed by atoms with E-state index in [0.29, 0.717) is 17.2 Å². The van der Waals surface area contributed by atoms with Crippen molar-refractivity contribution in [2.75, 3.05) is 0 Å². The zero-order valence-corrected chi connectivity index (χ0v) is 13.3. The first-order chi connectivity index (χ1) is 11.0. The van der Waals surface area contributed by atoms with Crippen LogP contribution >= 0.6 is 0 Å². The number of rotatable bonds is 0. The van der Waals surface area contributed by atoms with Crippen molar-refractivity contribution >= 4 is 0 Å². The van der Waals surface area contributed by atoms with E-state index >= 15 is 0 Å². The minimum atomic E-state index is 0.322. The van der Waals surface area contributed by atoms with Gasteiger partial charge in [0.1, 0.15) is 17.2 Å². The summed E-state index contributed by atoms with van der Waals surface area (Å²) in [5, 5.41) is 26.2. The minimum Gasteiger partial charge on any atom is -0.508 e. The zero-order chi connectivity index (χ0) is 17.1. The van der Waals surface area contributed by atoms with Crippen LogP contribution in [-0.2, 0) is 0 Å². The van der Waals surface area contributed by atoms with E-state index in [-0.39, 0.29) is 0 Å². The van der Waals surface area contributed by atoms with Crippen LogP contribution in [0, 0.1) is 13.8 Å². The van der Waals surface area contributed by atoms with Crippen molar-refractivity contribution in [3.8, 4) is 17.2 Å². The Labute approximate surface area is 137 Å². The van der Waals surface area contributed by atoms with Gasteiger partial charge in [-0.2, -0.15) is 0 Å². The molecule has 3 heteroatoms. The van der Waals surface area contributed by atoms with Gasteiger partial charge in [-0.05, 0) is 55.8 Å². The van der Waals surface area contributed by atoms with Crippen molar-refractivity contribution < 1.29 is 15.3 Å². The summed E-state index contributed by atoms with van der Waals surface area (Å²) in [5.74, 6) is 0.989. The van der Waals surface area contributed by atoms with E-state index in [4.69, 9.17) is 15.3 Å². The van der Waals surface area contributed by atoms with Gasteiger partial charge < -0.3 is 15.3 Å². The summed E-state index contributed by atoms with van der Waals surface area (Å²) in [4.78, 5) is 0. The molecule has 0 heterocycles. The van der Waals surface area contributed by atoms with Gasteiger partial charge >= 0.3 is 0 Å². The zero-order valence-electron chi connectivity index (χ0n) is 13.3. The van der Waals surface area contributed by atoms with Crippen molar-refractivity contribution in [1.29, 1.82) is 0 Å². The molecule has 3 nitrogen and oxygen atoms in total. The first-order valence-corrected chi connectivity index (χ1v) is 7.22. The largest absolute Gasteiger partial charge is 0.508 e. The fourth-order valence-corrected chi connectivity index (χ4v) is 1.60. The lowest BCUT2D eigenvalue weighted by Crippen LogP contribution is -1.66. The molecule has 3 aromatic carbocycles. The van der Waals surface area contributed by atoms with Gasteiger partial charge in [0.25, 0.3) is 0 Å². The SMILES string of the molecule is Cc1ccc(O)cc1.Cc1cccc(O)c1.Oc1ccccc1. The predicted molar refractivity (Wildman–Crippen MR) is 93.8 cm³/mol. The van der Waals surface area contributed by atoms with Crippen LogP contribution in [0.25, 0.3) is 0 Å². The maximum absolute atomic E-state index is 8.81. The number of para-hydroxylation sites is 1. The Kier molecular flexibility index (Phi) is 7.79. The Morgan fingerprint density at radius 3 is 1.35 bits per heavy atom. The molecule has 0 amide bonds. The van der Waals surface area contributed by atoms with Gasteiger partial charge in [0.2, 0.25) is 0 Å². The minimum absolute atomic E-state index is 0.322. The molecule has 0 saturated heterocycles. The summed E-state index contributed by atoms with van der Waals surface area (Å²) in [5.41, 5.74) is 2.26. The molecule has 0 fully saturated rings. The number of phenols is 3. The third kappa shape index (κ3) is 8.83. The van der Waals surface area contributed by atoms with Crippen LogP contribution in [0.4, 0.5) is 0 Å². The van der Waals surface area contributed by atoms with Gasteiger partial charge in [-0.15, -0.1) is 0 Å². The Morgan fingerprint density at radius 1 is 0.478 bits per heavy atom. The maximum atomic E-state index is 8.81. The molecular formula is C20H22O3. The molecule has 3 rings (SSSR count). The molecule has 0 aromatic heterocycles. The molecule has 0 aliphatic carbocycles. The molecule has 3 N–H and O–H groups in total. The highest BCUT2D eigenvalue weighted by molar-refractivity contribution is 5.26. The Bertz CT molecular complexity index is 639. The van der Waals surface area contributed by atoms with Crippen LogP contribution in [0.3, 0.4) is 0 Å². The number of hydrogen-bond donors (Lipinski definition) is 3. The monoisotopic (exact) mass is 310 g/mol. The molecular weight excluding hydrogens is 288 g/mol. The number of aromatic hydroxyl groups is 3. The summed E-state index contributed by atoms with van der Waals surface area (Å²) in [6.07, 6.45) is 0. The number of benzene rings is 3. The summed E-state index contributed by atoms with van der Waals surface area (Å²) in [6.45, 7) is 3.93. The Morgan fingerprint density at radius 2 is 1.00 bits per heavy atom.